The van der Waals surface area contributed by atoms with E-state index in [1.54, 1.807) is 42.5 Å². The van der Waals surface area contributed by atoms with E-state index in [2.05, 4.69) is 10.3 Å². The van der Waals surface area contributed by atoms with Crippen LogP contribution in [0.25, 0.3) is 0 Å². The van der Waals surface area contributed by atoms with Crippen LogP contribution in [-0.2, 0) is 14.3 Å². The number of benzene rings is 1. The van der Waals surface area contributed by atoms with Gasteiger partial charge in [-0.15, -0.1) is 11.3 Å². The van der Waals surface area contributed by atoms with Crippen molar-refractivity contribution in [2.75, 3.05) is 32.8 Å². The number of aliphatic imine (C=N–C) groups is 1. The highest BCUT2D eigenvalue weighted by Crippen LogP contribution is 2.46. The minimum Gasteiger partial charge on any atom is -0.481 e. The number of carbonyl (C=O) groups excluding carboxylic acids is 1. The molecule has 1 aromatic carbocycles. The van der Waals surface area contributed by atoms with Crippen LogP contribution in [0.2, 0.25) is 0 Å². The summed E-state index contributed by atoms with van der Waals surface area (Å²) in [6.45, 7) is 3.48. The van der Waals surface area contributed by atoms with Crippen molar-refractivity contribution in [3.05, 3.63) is 63.0 Å². The largest absolute Gasteiger partial charge is 0.481 e. The van der Waals surface area contributed by atoms with E-state index >= 15 is 8.78 Å². The first kappa shape index (κ1) is 28.8. The number of alkyl halides is 2. The zero-order valence-corrected chi connectivity index (χ0v) is 24.0. The van der Waals surface area contributed by atoms with E-state index < -0.39 is 54.1 Å². The second-order valence-corrected chi connectivity index (χ2v) is 12.3. The molecule has 0 radical (unpaired) electrons. The molecule has 0 bridgehead atoms. The number of ether oxygens (including phenoxy) is 1. The normalized spacial score (nSPS) is 29.1. The fraction of sp³-hybridized carbons (Fsp3) is 0.517. The highest BCUT2D eigenvalue weighted by atomic mass is 32.1. The van der Waals surface area contributed by atoms with E-state index in [1.165, 1.54) is 17.4 Å². The van der Waals surface area contributed by atoms with Gasteiger partial charge in [-0.3, -0.25) is 19.6 Å². The van der Waals surface area contributed by atoms with E-state index in [1.807, 2.05) is 4.90 Å². The number of thiazole rings is 1. The molecule has 42 heavy (non-hydrogen) atoms. The van der Waals surface area contributed by atoms with Gasteiger partial charge in [0, 0.05) is 49.0 Å². The van der Waals surface area contributed by atoms with Gasteiger partial charge >= 0.3 is 11.9 Å². The summed E-state index contributed by atoms with van der Waals surface area (Å²) in [5.41, 5.74) is 1.32. The molecule has 2 aromatic rings. The van der Waals surface area contributed by atoms with Crippen molar-refractivity contribution >= 4 is 29.1 Å². The minimum atomic E-state index is -2.96. The van der Waals surface area contributed by atoms with Crippen LogP contribution >= 0.6 is 11.3 Å². The Labute approximate surface area is 245 Å². The number of nitrogens with one attached hydrogen (secondary N) is 1. The van der Waals surface area contributed by atoms with Gasteiger partial charge in [0.2, 0.25) is 0 Å². The van der Waals surface area contributed by atoms with Crippen LogP contribution in [0, 0.1) is 24.6 Å². The Morgan fingerprint density at radius 1 is 1.26 bits per heavy atom. The molecule has 6 rings (SSSR count). The van der Waals surface area contributed by atoms with Crippen LogP contribution in [0.3, 0.4) is 0 Å². The number of hydrogen-bond donors (Lipinski definition) is 2. The lowest BCUT2D eigenvalue weighted by atomic mass is 9.79. The smallest absolute Gasteiger partial charge is 0.338 e. The first-order valence-electron chi connectivity index (χ1n) is 14.1. The molecule has 0 spiro atoms. The summed E-state index contributed by atoms with van der Waals surface area (Å²) in [6.07, 6.45) is 2.54. The third-order valence-corrected chi connectivity index (χ3v) is 9.72. The summed E-state index contributed by atoms with van der Waals surface area (Å²) in [5.74, 6) is -5.88. The first-order chi connectivity index (χ1) is 20.1. The molecule has 3 fully saturated rings. The van der Waals surface area contributed by atoms with Gasteiger partial charge in [-0.25, -0.2) is 22.9 Å². The number of aliphatic carboxylic acids is 1. The molecule has 1 aromatic heterocycles. The van der Waals surface area contributed by atoms with E-state index in [-0.39, 0.29) is 31.3 Å². The minimum absolute atomic E-state index is 0.00355. The third-order valence-electron chi connectivity index (χ3n) is 8.94. The summed E-state index contributed by atoms with van der Waals surface area (Å²) in [7, 11) is 0. The molecule has 224 valence electrons. The van der Waals surface area contributed by atoms with Gasteiger partial charge < -0.3 is 15.2 Å². The molecule has 2 saturated heterocycles. The number of aromatic nitrogens is 1. The summed E-state index contributed by atoms with van der Waals surface area (Å²) in [4.78, 5) is 37.6. The number of esters is 1. The third kappa shape index (κ3) is 5.11. The second kappa shape index (κ2) is 11.1. The highest BCUT2D eigenvalue weighted by molar-refractivity contribution is 7.11. The van der Waals surface area contributed by atoms with Crippen molar-refractivity contribution in [3.8, 4) is 0 Å². The van der Waals surface area contributed by atoms with Gasteiger partial charge in [0.1, 0.15) is 11.9 Å². The SMILES string of the molecule is CCOC(=O)C1=C(CN2CC(F)(F)[C@@H]3CN([C@H]4C[C@@H](C(=O)O)C4)C[C@@H]32)NC(c2nccs2)=N[C@H]1c1cccc(F)c1C. The average Bonchev–Trinajstić information content (AvgIpc) is 3.64. The topological polar surface area (TPSA) is 107 Å². The van der Waals surface area contributed by atoms with Gasteiger partial charge in [0.15, 0.2) is 10.8 Å². The Balaban J connectivity index is 1.35. The monoisotopic (exact) mass is 603 g/mol. The molecule has 1 aliphatic carbocycles. The predicted molar refractivity (Wildman–Crippen MR) is 149 cm³/mol. The standard InChI is InChI=1S/C29H32F3N5O4S/c1-3-41-28(40)23-21(34-25(26-33-7-8-42-26)35-24(23)18-5-4-6-20(30)15(18)2)12-37-14-29(31,32)19-11-36(13-22(19)37)17-9-16(10-17)27(38)39/h4-8,16-17,19,22,24H,3,9-14H2,1-2H3,(H,34,35)(H,38,39)/t16-,17+,19-,22+,24+/m1/s1. The summed E-state index contributed by atoms with van der Waals surface area (Å²) in [5, 5.41) is 14.8. The Morgan fingerprint density at radius 2 is 2.05 bits per heavy atom. The number of carbonyl (C=O) groups is 2. The summed E-state index contributed by atoms with van der Waals surface area (Å²) < 4.78 is 51.0. The lowest BCUT2D eigenvalue weighted by Gasteiger charge is -2.40. The molecule has 4 aliphatic rings. The molecular weight excluding hydrogens is 571 g/mol. The van der Waals surface area contributed by atoms with E-state index in [9.17, 15) is 19.1 Å². The summed E-state index contributed by atoms with van der Waals surface area (Å²) >= 11 is 1.33. The molecule has 3 aliphatic heterocycles. The van der Waals surface area contributed by atoms with Crippen molar-refractivity contribution in [2.45, 2.75) is 50.7 Å². The number of fused-ring (bicyclic) bond motifs is 1. The lowest BCUT2D eigenvalue weighted by Crippen LogP contribution is -2.49. The Hall–Kier alpha value is -3.29. The zero-order valence-electron chi connectivity index (χ0n) is 23.2. The van der Waals surface area contributed by atoms with E-state index in [0.29, 0.717) is 47.1 Å². The van der Waals surface area contributed by atoms with Crippen LogP contribution in [0.1, 0.15) is 41.9 Å². The molecule has 1 saturated carbocycles. The van der Waals surface area contributed by atoms with Gasteiger partial charge in [-0.05, 0) is 43.9 Å². The molecule has 0 amide bonds. The van der Waals surface area contributed by atoms with Gasteiger partial charge in [0.25, 0.3) is 5.92 Å². The van der Waals surface area contributed by atoms with Crippen LogP contribution in [0.15, 0.2) is 46.0 Å². The highest BCUT2D eigenvalue weighted by Gasteiger charge is 2.59. The molecule has 3 atom stereocenters. The number of hydrogen-bond acceptors (Lipinski definition) is 9. The Bertz CT molecular complexity index is 1440. The number of amidine groups is 1. The van der Waals surface area contributed by atoms with Gasteiger partial charge in [-0.1, -0.05) is 12.1 Å². The average molecular weight is 604 g/mol. The van der Waals surface area contributed by atoms with Crippen LogP contribution in [0.4, 0.5) is 13.2 Å². The zero-order chi connectivity index (χ0) is 29.8. The molecule has 2 N–H and O–H groups in total. The predicted octanol–water partition coefficient (Wildman–Crippen LogP) is 3.61. The van der Waals surface area contributed by atoms with Crippen molar-refractivity contribution in [1.29, 1.82) is 0 Å². The molecule has 9 nitrogen and oxygen atoms in total. The van der Waals surface area contributed by atoms with Crippen molar-refractivity contribution in [3.63, 3.8) is 0 Å². The van der Waals surface area contributed by atoms with Crippen molar-refractivity contribution < 1.29 is 32.6 Å². The number of nitrogens with zero attached hydrogens (tertiary/aromatic N) is 4. The maximum absolute atomic E-state index is 15.4. The maximum Gasteiger partial charge on any atom is 0.338 e. The molecular formula is C29H32F3N5O4S. The van der Waals surface area contributed by atoms with Crippen molar-refractivity contribution in [2.24, 2.45) is 16.8 Å². The quantitative estimate of drug-likeness (QED) is 0.441. The number of likely N-dealkylation sites (tertiary alicyclic amines) is 2. The molecule has 0 unspecified atom stereocenters. The molecule has 13 heteroatoms. The fourth-order valence-electron chi connectivity index (χ4n) is 6.63. The maximum atomic E-state index is 15.4. The van der Waals surface area contributed by atoms with Crippen LogP contribution in [-0.4, -0.2) is 88.5 Å². The number of halogens is 3. The van der Waals surface area contributed by atoms with Crippen LogP contribution < -0.4 is 5.32 Å². The number of carboxylic acids is 1. The Kier molecular flexibility index (Phi) is 7.60. The summed E-state index contributed by atoms with van der Waals surface area (Å²) in [6, 6.07) is 3.13. The van der Waals surface area contributed by atoms with Gasteiger partial charge in [0.05, 0.1) is 30.6 Å². The second-order valence-electron chi connectivity index (χ2n) is 11.4. The molecule has 4 heterocycles. The van der Waals surface area contributed by atoms with Gasteiger partial charge in [-0.2, -0.15) is 0 Å². The van der Waals surface area contributed by atoms with E-state index in [0.717, 1.165) is 0 Å². The Morgan fingerprint density at radius 3 is 2.74 bits per heavy atom. The lowest BCUT2D eigenvalue weighted by molar-refractivity contribution is -0.147. The number of carboxylic acid groups (broad SMARTS) is 1. The number of rotatable bonds is 8. The fourth-order valence-corrected chi connectivity index (χ4v) is 7.22. The van der Waals surface area contributed by atoms with E-state index in [4.69, 9.17) is 9.73 Å². The first-order valence-corrected chi connectivity index (χ1v) is 14.9. The van der Waals surface area contributed by atoms with Crippen LogP contribution in [0.5, 0.6) is 0 Å². The van der Waals surface area contributed by atoms with Crippen molar-refractivity contribution in [1.82, 2.24) is 20.1 Å².